The second-order valence-corrected chi connectivity index (χ2v) is 5.39. The van der Waals surface area contributed by atoms with Crippen molar-refractivity contribution in [1.29, 1.82) is 0 Å². The quantitative estimate of drug-likeness (QED) is 0.309. The molecule has 0 N–H and O–H groups in total. The molecule has 0 atom stereocenters. The summed E-state index contributed by atoms with van der Waals surface area (Å²) in [4.78, 5) is 0. The smallest absolute Gasteiger partial charge is 0 e. The molecule has 0 unspecified atom stereocenters. The molecule has 25 heavy (non-hydrogen) atoms. The number of fused-ring (bicyclic) bond motifs is 2. The van der Waals surface area contributed by atoms with E-state index in [1.54, 1.807) is 0 Å². The van der Waals surface area contributed by atoms with Gasteiger partial charge in [0.05, 0.1) is 0 Å². The number of hydrogen-bond donors (Lipinski definition) is 0. The predicted octanol–water partition coefficient (Wildman–Crippen LogP) is 6.08. The van der Waals surface area contributed by atoms with Crippen LogP contribution in [0.15, 0.2) is 72.8 Å². The van der Waals surface area contributed by atoms with Gasteiger partial charge in [0.15, 0.2) is 0 Å². The molecule has 0 saturated heterocycles. The van der Waals surface area contributed by atoms with E-state index < -0.39 is 0 Å². The average Bonchev–Trinajstić information content (AvgIpc) is 2.55. The minimum Gasteiger partial charge on any atom is -0.358 e. The largest absolute Gasteiger partial charge is 0.358 e. The van der Waals surface area contributed by atoms with Crippen LogP contribution in [0.4, 0.5) is 0 Å². The summed E-state index contributed by atoms with van der Waals surface area (Å²) in [5.41, 5.74) is 2.69. The summed E-state index contributed by atoms with van der Waals surface area (Å²) >= 11 is 0. The Balaban J connectivity index is 0.00000144. The summed E-state index contributed by atoms with van der Waals surface area (Å²) in [6, 6.07) is 31.8. The van der Waals surface area contributed by atoms with E-state index in [2.05, 4.69) is 60.7 Å². The van der Waals surface area contributed by atoms with Gasteiger partial charge in [0, 0.05) is 65.4 Å². The first-order chi connectivity index (χ1) is 10.4. The van der Waals surface area contributed by atoms with Crippen molar-refractivity contribution in [3.63, 3.8) is 0 Å². The van der Waals surface area contributed by atoms with Crippen molar-refractivity contribution in [1.82, 2.24) is 0 Å². The first-order valence-electron chi connectivity index (χ1n) is 7.16. The van der Waals surface area contributed by atoms with E-state index >= 15 is 0 Å². The molecule has 0 heterocycles. The van der Waals surface area contributed by atoms with Gasteiger partial charge in [0.25, 0.3) is 0 Å². The molecule has 4 aromatic carbocycles. The van der Waals surface area contributed by atoms with Gasteiger partial charge < -0.3 is 14.9 Å². The molecule has 122 valence electrons. The molecule has 0 saturated carbocycles. The van der Waals surface area contributed by atoms with Crippen molar-refractivity contribution in [2.24, 2.45) is 0 Å². The van der Waals surface area contributed by atoms with E-state index in [0.29, 0.717) is 0 Å². The van der Waals surface area contributed by atoms with Gasteiger partial charge in [-0.15, -0.1) is 33.7 Å². The Morgan fingerprint density at radius 2 is 1.00 bits per heavy atom. The normalized spacial score (nSPS) is 9.28. The van der Waals surface area contributed by atoms with Gasteiger partial charge in [-0.1, -0.05) is 24.3 Å². The van der Waals surface area contributed by atoms with Crippen LogP contribution in [0.5, 0.6) is 0 Å². The Kier molecular flexibility index (Phi) is 11.2. The molecule has 2 heteroatoms. The number of benzene rings is 4. The van der Waals surface area contributed by atoms with Crippen LogP contribution in [0.3, 0.4) is 0 Å². The molecular weight excluding hydrogens is 454 g/mol. The molecule has 0 spiro atoms. The fourth-order valence-electron chi connectivity index (χ4n) is 2.81. The maximum absolute atomic E-state index is 3.12. The Morgan fingerprint density at radius 1 is 0.560 bits per heavy atom. The fourth-order valence-corrected chi connectivity index (χ4v) is 2.81. The molecule has 0 aliphatic rings. The standard InChI is InChI=1S/C21H14.2CH3.2Y/c1-3-7-20-14-16(9-11-18(20)5-1)13-17-10-12-19-6-2-4-8-21(19)15-17;;;;/h3-12,14-15H,13H2;2*1H3;;/q-2;2*-1;;. The van der Waals surface area contributed by atoms with Crippen LogP contribution in [0.25, 0.3) is 21.5 Å². The van der Waals surface area contributed by atoms with E-state index in [1.165, 1.54) is 32.7 Å². The molecule has 0 amide bonds. The van der Waals surface area contributed by atoms with Crippen molar-refractivity contribution >= 4 is 21.5 Å². The van der Waals surface area contributed by atoms with Crippen molar-refractivity contribution in [2.75, 3.05) is 0 Å². The third-order valence-corrected chi connectivity index (χ3v) is 3.91. The maximum Gasteiger partial charge on any atom is 0 e. The Labute approximate surface area is 202 Å². The second-order valence-electron chi connectivity index (χ2n) is 5.39. The van der Waals surface area contributed by atoms with Crippen LogP contribution >= 0.6 is 0 Å². The summed E-state index contributed by atoms with van der Waals surface area (Å²) < 4.78 is 0. The minimum atomic E-state index is 0. The molecule has 0 aliphatic heterocycles. The monoisotopic (exact) mass is 474 g/mol. The fraction of sp³-hybridized carbons (Fsp3) is 0.0435. The summed E-state index contributed by atoms with van der Waals surface area (Å²) in [6.07, 6.45) is 0.961. The zero-order valence-electron chi connectivity index (χ0n) is 14.8. The molecule has 0 bridgehead atoms. The van der Waals surface area contributed by atoms with Crippen LogP contribution in [0, 0.1) is 27.0 Å². The summed E-state index contributed by atoms with van der Waals surface area (Å²) in [6.45, 7) is 0. The van der Waals surface area contributed by atoms with Gasteiger partial charge in [-0.3, -0.25) is 0 Å². The van der Waals surface area contributed by atoms with Crippen LogP contribution in [0.2, 0.25) is 0 Å². The zero-order chi connectivity index (χ0) is 14.1. The molecule has 0 fully saturated rings. The molecule has 2 radical (unpaired) electrons. The number of hydrogen-bond acceptors (Lipinski definition) is 0. The molecular formula is C23H20Y2-4. The molecule has 0 aliphatic carbocycles. The van der Waals surface area contributed by atoms with Gasteiger partial charge in [0.2, 0.25) is 0 Å². The third kappa shape index (κ3) is 5.80. The number of rotatable bonds is 2. The molecule has 4 rings (SSSR count). The van der Waals surface area contributed by atoms with E-state index in [1.807, 2.05) is 24.3 Å². The van der Waals surface area contributed by atoms with Gasteiger partial charge in [-0.2, -0.15) is 48.5 Å². The SMILES string of the molecule is [CH3-].[CH3-].[Y].[Y].[c-]1ccc2cc(Cc3ccc4c[c-]ccc4c3)ccc2c1. The second kappa shape index (κ2) is 11.3. The first kappa shape index (κ1) is 24.6. The molecule has 0 aromatic heterocycles. The summed E-state index contributed by atoms with van der Waals surface area (Å²) in [5, 5.41) is 5.05. The minimum absolute atomic E-state index is 0. The van der Waals surface area contributed by atoms with E-state index in [9.17, 15) is 0 Å². The average molecular weight is 474 g/mol. The third-order valence-electron chi connectivity index (χ3n) is 3.91. The van der Waals surface area contributed by atoms with E-state index in [4.69, 9.17) is 0 Å². The summed E-state index contributed by atoms with van der Waals surface area (Å²) in [7, 11) is 0. The topological polar surface area (TPSA) is 0 Å². The van der Waals surface area contributed by atoms with Crippen LogP contribution in [0.1, 0.15) is 11.1 Å². The van der Waals surface area contributed by atoms with Crippen molar-refractivity contribution in [3.8, 4) is 0 Å². The van der Waals surface area contributed by atoms with E-state index in [-0.39, 0.29) is 80.3 Å². The van der Waals surface area contributed by atoms with E-state index in [0.717, 1.165) is 6.42 Å². The van der Waals surface area contributed by atoms with Crippen LogP contribution < -0.4 is 0 Å². The van der Waals surface area contributed by atoms with Crippen molar-refractivity contribution in [3.05, 3.63) is 111 Å². The zero-order valence-corrected chi connectivity index (χ0v) is 20.5. The van der Waals surface area contributed by atoms with Crippen molar-refractivity contribution < 1.29 is 65.4 Å². The van der Waals surface area contributed by atoms with Gasteiger partial charge in [0.1, 0.15) is 0 Å². The Hall–Kier alpha value is -0.392. The van der Waals surface area contributed by atoms with Crippen LogP contribution in [-0.4, -0.2) is 0 Å². The van der Waals surface area contributed by atoms with Gasteiger partial charge in [-0.25, -0.2) is 0 Å². The van der Waals surface area contributed by atoms with Gasteiger partial charge >= 0.3 is 0 Å². The Morgan fingerprint density at radius 3 is 1.44 bits per heavy atom. The van der Waals surface area contributed by atoms with Crippen LogP contribution in [-0.2, 0) is 71.8 Å². The maximum atomic E-state index is 3.12. The summed E-state index contributed by atoms with van der Waals surface area (Å²) in [5.74, 6) is 0. The molecule has 4 aromatic rings. The Bertz CT molecular complexity index is 852. The van der Waals surface area contributed by atoms with Crippen molar-refractivity contribution in [2.45, 2.75) is 6.42 Å². The molecule has 0 nitrogen and oxygen atoms in total. The van der Waals surface area contributed by atoms with Gasteiger partial charge in [-0.05, 0) is 17.5 Å². The first-order valence-corrected chi connectivity index (χ1v) is 7.16. The predicted molar refractivity (Wildman–Crippen MR) is 101 cm³/mol.